The van der Waals surface area contributed by atoms with E-state index in [1.165, 1.54) is 30.3 Å². The van der Waals surface area contributed by atoms with Crippen LogP contribution in [0.2, 0.25) is 0 Å². The molecule has 0 saturated heterocycles. The molecule has 7 nitrogen and oxygen atoms in total. The smallest absolute Gasteiger partial charge is 0.263 e. The number of aromatic nitrogens is 1. The zero-order valence-corrected chi connectivity index (χ0v) is 14.1. The molecular weight excluding hydrogens is 330 g/mol. The highest BCUT2D eigenvalue weighted by molar-refractivity contribution is 7.92. The zero-order valence-electron chi connectivity index (χ0n) is 13.3. The Morgan fingerprint density at radius 3 is 2.46 bits per heavy atom. The lowest BCUT2D eigenvalue weighted by Gasteiger charge is -2.12. The Kier molecular flexibility index (Phi) is 4.57. The van der Waals surface area contributed by atoms with E-state index in [1.807, 2.05) is 0 Å². The van der Waals surface area contributed by atoms with Crippen LogP contribution in [-0.4, -0.2) is 25.5 Å². The van der Waals surface area contributed by atoms with Crippen molar-refractivity contribution >= 4 is 21.7 Å². The van der Waals surface area contributed by atoms with Crippen LogP contribution in [0.1, 0.15) is 41.8 Å². The maximum Gasteiger partial charge on any atom is 0.263 e. The fraction of sp³-hybridized carbons (Fsp3) is 0.375. The SMILES string of the molecule is Cc1cc(NS(=O)(=O)c2ccc(C(=O)NC3CCCC3)cc2)no1. The molecule has 1 heterocycles. The van der Waals surface area contributed by atoms with E-state index in [4.69, 9.17) is 4.52 Å². The summed E-state index contributed by atoms with van der Waals surface area (Å²) in [7, 11) is -3.77. The van der Waals surface area contributed by atoms with E-state index in [2.05, 4.69) is 15.2 Å². The molecular formula is C16H19N3O4S. The van der Waals surface area contributed by atoms with Crippen molar-refractivity contribution in [2.45, 2.75) is 43.5 Å². The van der Waals surface area contributed by atoms with Gasteiger partial charge in [-0.15, -0.1) is 0 Å². The molecule has 1 aliphatic rings. The first kappa shape index (κ1) is 16.5. The van der Waals surface area contributed by atoms with Gasteiger partial charge in [0.15, 0.2) is 5.82 Å². The Hall–Kier alpha value is -2.35. The summed E-state index contributed by atoms with van der Waals surface area (Å²) in [4.78, 5) is 12.2. The average Bonchev–Trinajstić information content (AvgIpc) is 3.19. The first-order valence-corrected chi connectivity index (χ1v) is 9.29. The van der Waals surface area contributed by atoms with Crippen LogP contribution < -0.4 is 10.0 Å². The quantitative estimate of drug-likeness (QED) is 0.863. The molecule has 1 aliphatic carbocycles. The van der Waals surface area contributed by atoms with Gasteiger partial charge in [-0.05, 0) is 44.0 Å². The van der Waals surface area contributed by atoms with Gasteiger partial charge in [0, 0.05) is 17.7 Å². The highest BCUT2D eigenvalue weighted by Crippen LogP contribution is 2.19. The molecule has 3 rings (SSSR count). The summed E-state index contributed by atoms with van der Waals surface area (Å²) >= 11 is 0. The number of hydrogen-bond donors (Lipinski definition) is 2. The molecule has 0 spiro atoms. The van der Waals surface area contributed by atoms with Gasteiger partial charge in [0.1, 0.15) is 5.76 Å². The lowest BCUT2D eigenvalue weighted by molar-refractivity contribution is 0.0938. The van der Waals surface area contributed by atoms with Crippen LogP contribution in [0.25, 0.3) is 0 Å². The molecule has 0 radical (unpaired) electrons. The van der Waals surface area contributed by atoms with Crippen molar-refractivity contribution in [3.8, 4) is 0 Å². The summed E-state index contributed by atoms with van der Waals surface area (Å²) in [6.07, 6.45) is 4.27. The molecule has 1 amide bonds. The third-order valence-electron chi connectivity index (χ3n) is 3.98. The van der Waals surface area contributed by atoms with Gasteiger partial charge in [-0.1, -0.05) is 18.0 Å². The van der Waals surface area contributed by atoms with E-state index < -0.39 is 10.0 Å². The summed E-state index contributed by atoms with van der Waals surface area (Å²) in [6.45, 7) is 1.67. The van der Waals surface area contributed by atoms with Crippen molar-refractivity contribution in [1.82, 2.24) is 10.5 Å². The highest BCUT2D eigenvalue weighted by Gasteiger charge is 2.20. The monoisotopic (exact) mass is 349 g/mol. The molecule has 0 aliphatic heterocycles. The van der Waals surface area contributed by atoms with Gasteiger partial charge in [0.05, 0.1) is 4.90 Å². The normalized spacial score (nSPS) is 15.4. The maximum absolute atomic E-state index is 12.3. The summed E-state index contributed by atoms with van der Waals surface area (Å²) in [6, 6.07) is 7.52. The molecule has 128 valence electrons. The second-order valence-corrected chi connectivity index (χ2v) is 7.59. The molecule has 0 unspecified atom stereocenters. The topological polar surface area (TPSA) is 101 Å². The summed E-state index contributed by atoms with van der Waals surface area (Å²) < 4.78 is 31.7. The molecule has 2 N–H and O–H groups in total. The van der Waals surface area contributed by atoms with Crippen LogP contribution in [0.4, 0.5) is 5.82 Å². The van der Waals surface area contributed by atoms with E-state index in [9.17, 15) is 13.2 Å². The van der Waals surface area contributed by atoms with Crippen molar-refractivity contribution in [1.29, 1.82) is 0 Å². The van der Waals surface area contributed by atoms with Crippen molar-refractivity contribution in [2.24, 2.45) is 0 Å². The van der Waals surface area contributed by atoms with Gasteiger partial charge < -0.3 is 9.84 Å². The van der Waals surface area contributed by atoms with Crippen molar-refractivity contribution in [3.05, 3.63) is 41.7 Å². The Labute approximate surface area is 140 Å². The molecule has 1 saturated carbocycles. The largest absolute Gasteiger partial charge is 0.360 e. The third-order valence-corrected chi connectivity index (χ3v) is 5.35. The molecule has 8 heteroatoms. The van der Waals surface area contributed by atoms with Gasteiger partial charge in [0.25, 0.3) is 15.9 Å². The number of nitrogens with one attached hydrogen (secondary N) is 2. The minimum Gasteiger partial charge on any atom is -0.360 e. The lowest BCUT2D eigenvalue weighted by atomic mass is 10.2. The van der Waals surface area contributed by atoms with E-state index >= 15 is 0 Å². The molecule has 24 heavy (non-hydrogen) atoms. The molecule has 1 aromatic heterocycles. The van der Waals surface area contributed by atoms with Crippen LogP contribution in [0.15, 0.2) is 39.8 Å². The Balaban J connectivity index is 1.69. The third kappa shape index (κ3) is 3.76. The van der Waals surface area contributed by atoms with Gasteiger partial charge in [-0.3, -0.25) is 9.52 Å². The van der Waals surface area contributed by atoms with Crippen molar-refractivity contribution < 1.29 is 17.7 Å². The molecule has 0 atom stereocenters. The number of nitrogens with zero attached hydrogens (tertiary/aromatic N) is 1. The number of rotatable bonds is 5. The lowest BCUT2D eigenvalue weighted by Crippen LogP contribution is -2.32. The first-order chi connectivity index (χ1) is 11.4. The first-order valence-electron chi connectivity index (χ1n) is 7.81. The number of benzene rings is 1. The van der Waals surface area contributed by atoms with Gasteiger partial charge >= 0.3 is 0 Å². The molecule has 1 aromatic carbocycles. The Morgan fingerprint density at radius 1 is 1.21 bits per heavy atom. The second-order valence-electron chi connectivity index (χ2n) is 5.91. The van der Waals surface area contributed by atoms with Crippen molar-refractivity contribution in [2.75, 3.05) is 4.72 Å². The van der Waals surface area contributed by atoms with Crippen LogP contribution in [0.5, 0.6) is 0 Å². The summed E-state index contributed by atoms with van der Waals surface area (Å²) in [5.41, 5.74) is 0.443. The minimum absolute atomic E-state index is 0.0561. The van der Waals surface area contributed by atoms with Crippen LogP contribution in [0, 0.1) is 6.92 Å². The van der Waals surface area contributed by atoms with E-state index in [0.29, 0.717) is 11.3 Å². The van der Waals surface area contributed by atoms with E-state index in [1.54, 1.807) is 6.92 Å². The number of amides is 1. The fourth-order valence-corrected chi connectivity index (χ4v) is 3.72. The summed E-state index contributed by atoms with van der Waals surface area (Å²) in [5, 5.41) is 6.57. The highest BCUT2D eigenvalue weighted by atomic mass is 32.2. The number of carbonyl (C=O) groups is 1. The standard InChI is InChI=1S/C16H19N3O4S/c1-11-10-15(18-23-11)19-24(21,22)14-8-6-12(7-9-14)16(20)17-13-4-2-3-5-13/h6-10,13H,2-5H2,1H3,(H,17,20)(H,18,19). The van der Waals surface area contributed by atoms with Crippen LogP contribution in [0.3, 0.4) is 0 Å². The van der Waals surface area contributed by atoms with Crippen LogP contribution in [-0.2, 0) is 10.0 Å². The minimum atomic E-state index is -3.77. The Morgan fingerprint density at radius 2 is 1.88 bits per heavy atom. The molecule has 1 fully saturated rings. The number of carbonyl (C=O) groups excluding carboxylic acids is 1. The number of anilines is 1. The maximum atomic E-state index is 12.3. The predicted octanol–water partition coefficient (Wildman–Crippen LogP) is 2.46. The van der Waals surface area contributed by atoms with E-state index in [0.717, 1.165) is 25.7 Å². The van der Waals surface area contributed by atoms with Gasteiger partial charge in [0.2, 0.25) is 0 Å². The zero-order chi connectivity index (χ0) is 17.2. The Bertz CT molecular complexity index is 821. The van der Waals surface area contributed by atoms with Crippen LogP contribution >= 0.6 is 0 Å². The van der Waals surface area contributed by atoms with Crippen molar-refractivity contribution in [3.63, 3.8) is 0 Å². The van der Waals surface area contributed by atoms with Gasteiger partial charge in [-0.2, -0.15) is 0 Å². The number of hydrogen-bond acceptors (Lipinski definition) is 5. The molecule has 2 aromatic rings. The summed E-state index contributed by atoms with van der Waals surface area (Å²) in [5.74, 6) is 0.452. The fourth-order valence-electron chi connectivity index (χ4n) is 2.74. The van der Waals surface area contributed by atoms with E-state index in [-0.39, 0.29) is 22.7 Å². The number of sulfonamides is 1. The average molecular weight is 349 g/mol. The number of aryl methyl sites for hydroxylation is 1. The van der Waals surface area contributed by atoms with Gasteiger partial charge in [-0.25, -0.2) is 8.42 Å². The predicted molar refractivity (Wildman–Crippen MR) is 88.2 cm³/mol. The second kappa shape index (κ2) is 6.64. The molecule has 0 bridgehead atoms.